The molecule has 0 fully saturated rings. The van der Waals surface area contributed by atoms with E-state index in [4.69, 9.17) is 4.52 Å². The van der Waals surface area contributed by atoms with Gasteiger partial charge in [0.05, 0.1) is 16.6 Å². The summed E-state index contributed by atoms with van der Waals surface area (Å²) in [6, 6.07) is 0. The maximum atomic E-state index is 5.04. The van der Waals surface area contributed by atoms with Crippen molar-refractivity contribution in [3.63, 3.8) is 0 Å². The van der Waals surface area contributed by atoms with Gasteiger partial charge in [-0.2, -0.15) is 0 Å². The SMILES string of the molecule is CCCNCc1ncc(-c2cnoc2C)s1. The Hall–Kier alpha value is -1.20. The van der Waals surface area contributed by atoms with Gasteiger partial charge in [-0.3, -0.25) is 0 Å². The van der Waals surface area contributed by atoms with Gasteiger partial charge < -0.3 is 9.84 Å². The zero-order valence-electron chi connectivity index (χ0n) is 9.49. The zero-order chi connectivity index (χ0) is 11.4. The van der Waals surface area contributed by atoms with Crippen LogP contribution in [-0.2, 0) is 6.54 Å². The first-order valence-electron chi connectivity index (χ1n) is 5.38. The monoisotopic (exact) mass is 237 g/mol. The Morgan fingerprint density at radius 1 is 1.44 bits per heavy atom. The van der Waals surface area contributed by atoms with Crippen molar-refractivity contribution >= 4 is 11.3 Å². The van der Waals surface area contributed by atoms with Crippen molar-refractivity contribution in [3.05, 3.63) is 23.2 Å². The third-order valence-corrected chi connectivity index (χ3v) is 3.30. The minimum atomic E-state index is 0.836. The average molecular weight is 237 g/mol. The summed E-state index contributed by atoms with van der Waals surface area (Å²) in [6.45, 7) is 5.93. The van der Waals surface area contributed by atoms with Crippen LogP contribution >= 0.6 is 11.3 Å². The van der Waals surface area contributed by atoms with Crippen LogP contribution in [0.25, 0.3) is 10.4 Å². The lowest BCUT2D eigenvalue weighted by Gasteiger charge is -1.97. The van der Waals surface area contributed by atoms with Crippen LogP contribution < -0.4 is 5.32 Å². The molecule has 2 heterocycles. The lowest BCUT2D eigenvalue weighted by Crippen LogP contribution is -2.13. The molecular formula is C11H15N3OS. The highest BCUT2D eigenvalue weighted by molar-refractivity contribution is 7.15. The number of aryl methyl sites for hydroxylation is 1. The standard InChI is InChI=1S/C11H15N3OS/c1-3-4-12-7-11-13-6-10(16-11)9-5-14-15-8(9)2/h5-6,12H,3-4,7H2,1-2H3. The first-order valence-corrected chi connectivity index (χ1v) is 6.20. The van der Waals surface area contributed by atoms with Gasteiger partial charge in [-0.25, -0.2) is 4.98 Å². The van der Waals surface area contributed by atoms with Gasteiger partial charge >= 0.3 is 0 Å². The summed E-state index contributed by atoms with van der Waals surface area (Å²) in [7, 11) is 0. The molecule has 2 aromatic heterocycles. The van der Waals surface area contributed by atoms with Gasteiger partial charge in [0.25, 0.3) is 0 Å². The maximum Gasteiger partial charge on any atom is 0.142 e. The fraction of sp³-hybridized carbons (Fsp3) is 0.455. The molecule has 1 N–H and O–H groups in total. The van der Waals surface area contributed by atoms with E-state index in [1.807, 2.05) is 13.1 Å². The highest BCUT2D eigenvalue weighted by atomic mass is 32.1. The number of nitrogens with zero attached hydrogens (tertiary/aromatic N) is 2. The number of rotatable bonds is 5. The van der Waals surface area contributed by atoms with Crippen molar-refractivity contribution in [1.82, 2.24) is 15.5 Å². The van der Waals surface area contributed by atoms with E-state index in [1.165, 1.54) is 0 Å². The Morgan fingerprint density at radius 2 is 2.31 bits per heavy atom. The molecule has 0 atom stereocenters. The molecule has 0 aliphatic heterocycles. The van der Waals surface area contributed by atoms with Gasteiger partial charge in [-0.1, -0.05) is 12.1 Å². The third kappa shape index (κ3) is 2.48. The van der Waals surface area contributed by atoms with Crippen molar-refractivity contribution < 1.29 is 4.52 Å². The minimum Gasteiger partial charge on any atom is -0.361 e. The van der Waals surface area contributed by atoms with Crippen molar-refractivity contribution in [2.45, 2.75) is 26.8 Å². The van der Waals surface area contributed by atoms with E-state index in [0.29, 0.717) is 0 Å². The normalized spacial score (nSPS) is 10.9. The van der Waals surface area contributed by atoms with Gasteiger partial charge in [0.15, 0.2) is 0 Å². The topological polar surface area (TPSA) is 51.0 Å². The van der Waals surface area contributed by atoms with Crippen molar-refractivity contribution in [1.29, 1.82) is 0 Å². The molecule has 0 saturated heterocycles. The number of hydrogen-bond acceptors (Lipinski definition) is 5. The first-order chi connectivity index (χ1) is 7.81. The van der Waals surface area contributed by atoms with Crippen LogP contribution in [0.2, 0.25) is 0 Å². The van der Waals surface area contributed by atoms with Crippen molar-refractivity contribution in [2.75, 3.05) is 6.54 Å². The Balaban J connectivity index is 2.05. The lowest BCUT2D eigenvalue weighted by atomic mass is 10.2. The van der Waals surface area contributed by atoms with Gasteiger partial charge in [0, 0.05) is 12.7 Å². The molecule has 5 heteroatoms. The number of aromatic nitrogens is 2. The molecule has 2 aromatic rings. The van der Waals surface area contributed by atoms with E-state index < -0.39 is 0 Å². The third-order valence-electron chi connectivity index (χ3n) is 2.27. The van der Waals surface area contributed by atoms with E-state index >= 15 is 0 Å². The maximum absolute atomic E-state index is 5.04. The second kappa shape index (κ2) is 5.23. The quantitative estimate of drug-likeness (QED) is 0.812. The summed E-state index contributed by atoms with van der Waals surface area (Å²) < 4.78 is 5.04. The number of nitrogens with one attached hydrogen (secondary N) is 1. The molecule has 0 amide bonds. The van der Waals surface area contributed by atoms with Crippen LogP contribution in [0, 0.1) is 6.92 Å². The van der Waals surface area contributed by atoms with Crippen LogP contribution in [0.3, 0.4) is 0 Å². The van der Waals surface area contributed by atoms with Crippen LogP contribution in [0.5, 0.6) is 0 Å². The molecule has 2 rings (SSSR count). The molecular weight excluding hydrogens is 222 g/mol. The largest absolute Gasteiger partial charge is 0.361 e. The van der Waals surface area contributed by atoms with E-state index in [-0.39, 0.29) is 0 Å². The summed E-state index contributed by atoms with van der Waals surface area (Å²) >= 11 is 1.68. The lowest BCUT2D eigenvalue weighted by molar-refractivity contribution is 0.398. The van der Waals surface area contributed by atoms with E-state index in [1.54, 1.807) is 17.5 Å². The molecule has 0 spiro atoms. The Morgan fingerprint density at radius 3 is 3.00 bits per heavy atom. The highest BCUT2D eigenvalue weighted by Crippen LogP contribution is 2.28. The summed E-state index contributed by atoms with van der Waals surface area (Å²) in [5.41, 5.74) is 1.04. The van der Waals surface area contributed by atoms with Crippen molar-refractivity contribution in [3.8, 4) is 10.4 Å². The summed E-state index contributed by atoms with van der Waals surface area (Å²) in [4.78, 5) is 5.49. The van der Waals surface area contributed by atoms with Gasteiger partial charge in [-0.05, 0) is 19.9 Å². The molecule has 0 bridgehead atoms. The van der Waals surface area contributed by atoms with Crippen molar-refractivity contribution in [2.24, 2.45) is 0 Å². The Labute approximate surface area is 98.7 Å². The second-order valence-electron chi connectivity index (χ2n) is 3.59. The molecule has 4 nitrogen and oxygen atoms in total. The predicted octanol–water partition coefficient (Wildman–Crippen LogP) is 2.61. The predicted molar refractivity (Wildman–Crippen MR) is 64.3 cm³/mol. The van der Waals surface area contributed by atoms with Gasteiger partial charge in [-0.15, -0.1) is 11.3 Å². The van der Waals surface area contributed by atoms with Crippen LogP contribution in [0.1, 0.15) is 24.1 Å². The highest BCUT2D eigenvalue weighted by Gasteiger charge is 2.09. The Bertz CT molecular complexity index is 450. The second-order valence-corrected chi connectivity index (χ2v) is 4.71. The number of hydrogen-bond donors (Lipinski definition) is 1. The minimum absolute atomic E-state index is 0.836. The van der Waals surface area contributed by atoms with Gasteiger partial charge in [0.1, 0.15) is 10.8 Å². The fourth-order valence-electron chi connectivity index (χ4n) is 1.42. The van der Waals surface area contributed by atoms with Crippen LogP contribution in [-0.4, -0.2) is 16.7 Å². The smallest absolute Gasteiger partial charge is 0.142 e. The van der Waals surface area contributed by atoms with E-state index in [0.717, 1.165) is 40.7 Å². The molecule has 0 radical (unpaired) electrons. The summed E-state index contributed by atoms with van der Waals surface area (Å²) in [6.07, 6.45) is 4.77. The molecule has 0 unspecified atom stereocenters. The molecule has 0 aliphatic carbocycles. The number of thiazole rings is 1. The molecule has 0 saturated carbocycles. The molecule has 0 aromatic carbocycles. The first kappa shape index (κ1) is 11.3. The molecule has 86 valence electrons. The summed E-state index contributed by atoms with van der Waals surface area (Å²) in [5, 5.41) is 8.21. The Kier molecular flexibility index (Phi) is 3.69. The average Bonchev–Trinajstić information content (AvgIpc) is 2.87. The molecule has 0 aliphatic rings. The summed E-state index contributed by atoms with van der Waals surface area (Å²) in [5.74, 6) is 0.844. The van der Waals surface area contributed by atoms with E-state index in [2.05, 4.69) is 22.4 Å². The van der Waals surface area contributed by atoms with E-state index in [9.17, 15) is 0 Å². The molecule has 16 heavy (non-hydrogen) atoms. The zero-order valence-corrected chi connectivity index (χ0v) is 10.3. The van der Waals surface area contributed by atoms with Crippen LogP contribution in [0.4, 0.5) is 0 Å². The van der Waals surface area contributed by atoms with Crippen LogP contribution in [0.15, 0.2) is 16.9 Å². The fourth-order valence-corrected chi connectivity index (χ4v) is 2.37. The van der Waals surface area contributed by atoms with Gasteiger partial charge in [0.2, 0.25) is 0 Å².